The lowest BCUT2D eigenvalue weighted by molar-refractivity contribution is -0.148. The zero-order chi connectivity index (χ0) is 34.2. The van der Waals surface area contributed by atoms with Crippen LogP contribution < -0.4 is 21.7 Å². The average Bonchev–Trinajstić information content (AvgIpc) is 3.32. The number of ether oxygens (including phenoxy) is 1. The number of hydrogen-bond acceptors (Lipinski definition) is 8. The SMILES string of the molecule is CC(C)C(=O)OCc1ccc(NC(=O)[C@H](CCCNC(N)=O)CC(=O)[C@H](NC(=O)CCCCCN2C(=O)C=CC2=O)C(C)C)cc1. The van der Waals surface area contributed by atoms with E-state index in [1.165, 1.54) is 12.2 Å². The minimum atomic E-state index is -0.801. The van der Waals surface area contributed by atoms with Crippen LogP contribution in [0, 0.1) is 17.8 Å². The molecular weight excluding hydrogens is 594 g/mol. The minimum Gasteiger partial charge on any atom is -0.461 e. The molecule has 13 heteroatoms. The number of nitrogens with one attached hydrogen (secondary N) is 3. The van der Waals surface area contributed by atoms with Crippen LogP contribution in [0.25, 0.3) is 0 Å². The number of imide groups is 1. The van der Waals surface area contributed by atoms with Crippen LogP contribution in [0.3, 0.4) is 0 Å². The van der Waals surface area contributed by atoms with Crippen LogP contribution in [-0.2, 0) is 40.1 Å². The Balaban J connectivity index is 1.95. The second kappa shape index (κ2) is 19.1. The maximum atomic E-state index is 13.4. The van der Waals surface area contributed by atoms with Gasteiger partial charge in [0.15, 0.2) is 5.78 Å². The van der Waals surface area contributed by atoms with E-state index < -0.39 is 18.0 Å². The van der Waals surface area contributed by atoms with E-state index in [1.54, 1.807) is 38.1 Å². The molecule has 252 valence electrons. The van der Waals surface area contributed by atoms with Crippen LogP contribution in [0.1, 0.15) is 78.2 Å². The molecular formula is C33H47N5O8. The molecule has 1 aromatic carbocycles. The molecule has 0 bridgehead atoms. The van der Waals surface area contributed by atoms with Gasteiger partial charge < -0.3 is 26.4 Å². The number of urea groups is 1. The summed E-state index contributed by atoms with van der Waals surface area (Å²) in [4.78, 5) is 86.7. The maximum absolute atomic E-state index is 13.4. The summed E-state index contributed by atoms with van der Waals surface area (Å²) in [6.07, 6.45) is 4.91. The number of esters is 1. The predicted octanol–water partition coefficient (Wildman–Crippen LogP) is 2.97. The molecule has 0 fully saturated rings. The fourth-order valence-electron chi connectivity index (χ4n) is 4.75. The Morgan fingerprint density at radius 2 is 1.54 bits per heavy atom. The molecule has 1 aliphatic rings. The van der Waals surface area contributed by atoms with Gasteiger partial charge in [-0.25, -0.2) is 4.79 Å². The molecule has 0 unspecified atom stereocenters. The largest absolute Gasteiger partial charge is 0.461 e. The number of unbranched alkanes of at least 4 members (excludes halogenated alkanes) is 2. The number of benzene rings is 1. The Hall–Kier alpha value is -4.55. The molecule has 2 rings (SSSR count). The number of anilines is 1. The first kappa shape index (κ1) is 37.6. The molecule has 1 aliphatic heterocycles. The lowest BCUT2D eigenvalue weighted by Crippen LogP contribution is -2.45. The summed E-state index contributed by atoms with van der Waals surface area (Å²) >= 11 is 0. The van der Waals surface area contributed by atoms with Gasteiger partial charge in [0, 0.05) is 49.7 Å². The van der Waals surface area contributed by atoms with Crippen LogP contribution in [0.4, 0.5) is 10.5 Å². The normalized spacial score (nSPS) is 13.9. The summed E-state index contributed by atoms with van der Waals surface area (Å²) in [5.74, 6) is -3.16. The number of carbonyl (C=O) groups is 7. The highest BCUT2D eigenvalue weighted by Crippen LogP contribution is 2.20. The third kappa shape index (κ3) is 13.2. The van der Waals surface area contributed by atoms with E-state index in [0.717, 1.165) is 10.5 Å². The smallest absolute Gasteiger partial charge is 0.312 e. The quantitative estimate of drug-likeness (QED) is 0.0948. The second-order valence-electron chi connectivity index (χ2n) is 12.0. The van der Waals surface area contributed by atoms with E-state index in [-0.39, 0.29) is 86.2 Å². The summed E-state index contributed by atoms with van der Waals surface area (Å²) in [5.41, 5.74) is 6.40. The number of rotatable bonds is 20. The molecule has 2 atom stereocenters. The third-order valence-electron chi connectivity index (χ3n) is 7.44. The highest BCUT2D eigenvalue weighted by Gasteiger charge is 2.29. The molecule has 5 N–H and O–H groups in total. The lowest BCUT2D eigenvalue weighted by atomic mass is 9.89. The van der Waals surface area contributed by atoms with Crippen molar-refractivity contribution in [2.24, 2.45) is 23.5 Å². The Morgan fingerprint density at radius 1 is 0.891 bits per heavy atom. The van der Waals surface area contributed by atoms with Crippen LogP contribution in [0.15, 0.2) is 36.4 Å². The molecule has 46 heavy (non-hydrogen) atoms. The standard InChI is InChI=1S/C33H47N5O8/c1-21(2)30(37-27(40)10-6-5-7-18-38-28(41)15-16-29(38)42)26(39)19-24(9-8-17-35-33(34)45)31(43)36-25-13-11-23(12-14-25)20-46-32(44)22(3)4/h11-16,21-22,24,30H,5-10,17-20H2,1-4H3,(H,36,43)(H,37,40)(H3,34,35,45)/t24-,30-/m1/s1. The molecule has 0 saturated heterocycles. The van der Waals surface area contributed by atoms with Gasteiger partial charge in [-0.2, -0.15) is 0 Å². The Kier molecular flexibility index (Phi) is 15.6. The van der Waals surface area contributed by atoms with E-state index in [1.807, 2.05) is 13.8 Å². The van der Waals surface area contributed by atoms with Crippen molar-refractivity contribution in [3.05, 3.63) is 42.0 Å². The number of nitrogens with two attached hydrogens (primary N) is 1. The Morgan fingerprint density at radius 3 is 2.13 bits per heavy atom. The predicted molar refractivity (Wildman–Crippen MR) is 171 cm³/mol. The van der Waals surface area contributed by atoms with Gasteiger partial charge in [0.1, 0.15) is 6.61 Å². The van der Waals surface area contributed by atoms with E-state index in [2.05, 4.69) is 16.0 Å². The number of primary amides is 1. The van der Waals surface area contributed by atoms with Crippen LogP contribution in [-0.4, -0.2) is 65.4 Å². The summed E-state index contributed by atoms with van der Waals surface area (Å²) in [7, 11) is 0. The van der Waals surface area contributed by atoms with Gasteiger partial charge in [0.2, 0.25) is 11.8 Å². The van der Waals surface area contributed by atoms with Crippen LogP contribution in [0.2, 0.25) is 0 Å². The highest BCUT2D eigenvalue weighted by molar-refractivity contribution is 6.12. The third-order valence-corrected chi connectivity index (χ3v) is 7.44. The van der Waals surface area contributed by atoms with Gasteiger partial charge in [-0.1, -0.05) is 46.2 Å². The summed E-state index contributed by atoms with van der Waals surface area (Å²) in [6, 6.07) is 5.33. The topological polar surface area (TPSA) is 194 Å². The molecule has 6 amide bonds. The molecule has 13 nitrogen and oxygen atoms in total. The Labute approximate surface area is 270 Å². The zero-order valence-electron chi connectivity index (χ0n) is 27.1. The van der Waals surface area contributed by atoms with E-state index in [4.69, 9.17) is 10.5 Å². The van der Waals surface area contributed by atoms with Crippen molar-refractivity contribution in [1.29, 1.82) is 0 Å². The van der Waals surface area contributed by atoms with Gasteiger partial charge in [0.05, 0.1) is 12.0 Å². The summed E-state index contributed by atoms with van der Waals surface area (Å²) < 4.78 is 5.23. The van der Waals surface area contributed by atoms with E-state index in [9.17, 15) is 33.6 Å². The van der Waals surface area contributed by atoms with Crippen molar-refractivity contribution in [2.45, 2.75) is 85.3 Å². The van der Waals surface area contributed by atoms with Gasteiger partial charge in [0.25, 0.3) is 11.8 Å². The van der Waals surface area contributed by atoms with Crippen molar-refractivity contribution < 1.29 is 38.3 Å². The van der Waals surface area contributed by atoms with Crippen molar-refractivity contribution >= 4 is 47.1 Å². The molecule has 1 aromatic rings. The van der Waals surface area contributed by atoms with Gasteiger partial charge in [-0.3, -0.25) is 33.7 Å². The van der Waals surface area contributed by atoms with Crippen molar-refractivity contribution in [3.8, 4) is 0 Å². The number of carbonyl (C=O) groups excluding carboxylic acids is 7. The molecule has 0 saturated carbocycles. The highest BCUT2D eigenvalue weighted by atomic mass is 16.5. The van der Waals surface area contributed by atoms with Crippen LogP contribution >= 0.6 is 0 Å². The van der Waals surface area contributed by atoms with Gasteiger partial charge >= 0.3 is 12.0 Å². The van der Waals surface area contributed by atoms with E-state index >= 15 is 0 Å². The van der Waals surface area contributed by atoms with E-state index in [0.29, 0.717) is 31.4 Å². The molecule has 0 radical (unpaired) electrons. The molecule has 0 spiro atoms. The molecule has 0 aliphatic carbocycles. The van der Waals surface area contributed by atoms with Gasteiger partial charge in [-0.15, -0.1) is 0 Å². The first-order chi connectivity index (χ1) is 21.8. The lowest BCUT2D eigenvalue weighted by Gasteiger charge is -2.24. The number of amides is 6. The summed E-state index contributed by atoms with van der Waals surface area (Å²) in [6.45, 7) is 7.75. The van der Waals surface area contributed by atoms with Gasteiger partial charge in [-0.05, 0) is 49.3 Å². The second-order valence-corrected chi connectivity index (χ2v) is 12.0. The molecule has 0 aromatic heterocycles. The van der Waals surface area contributed by atoms with Crippen molar-refractivity contribution in [2.75, 3.05) is 18.4 Å². The number of Topliss-reactive ketones (excluding diaryl/α,β-unsaturated/α-hetero) is 1. The first-order valence-corrected chi connectivity index (χ1v) is 15.7. The fourth-order valence-corrected chi connectivity index (χ4v) is 4.75. The first-order valence-electron chi connectivity index (χ1n) is 15.7. The fraction of sp³-hybridized carbons (Fsp3) is 0.545. The monoisotopic (exact) mass is 641 g/mol. The summed E-state index contributed by atoms with van der Waals surface area (Å²) in [5, 5.41) is 8.13. The zero-order valence-corrected chi connectivity index (χ0v) is 27.1. The minimum absolute atomic E-state index is 0.107. The average molecular weight is 642 g/mol. The Bertz CT molecular complexity index is 1260. The molecule has 1 heterocycles. The van der Waals surface area contributed by atoms with Crippen LogP contribution in [0.5, 0.6) is 0 Å². The maximum Gasteiger partial charge on any atom is 0.312 e. The van der Waals surface area contributed by atoms with Crippen molar-refractivity contribution in [1.82, 2.24) is 15.5 Å². The number of nitrogens with zero attached hydrogens (tertiary/aromatic N) is 1. The number of ketones is 1. The van der Waals surface area contributed by atoms with Crippen molar-refractivity contribution in [3.63, 3.8) is 0 Å². The number of hydrogen-bond donors (Lipinski definition) is 4.